The number of amides is 2. The summed E-state index contributed by atoms with van der Waals surface area (Å²) in [5.41, 5.74) is 4.58. The molecule has 51 heavy (non-hydrogen) atoms. The normalized spacial score (nSPS) is 18.2. The Morgan fingerprint density at radius 1 is 1.18 bits per heavy atom. The van der Waals surface area contributed by atoms with Crippen LogP contribution in [0.2, 0.25) is 0 Å². The lowest BCUT2D eigenvalue weighted by Crippen LogP contribution is -2.48. The minimum atomic E-state index is -3.45. The van der Waals surface area contributed by atoms with Crippen molar-refractivity contribution in [2.45, 2.75) is 89.8 Å². The lowest BCUT2D eigenvalue weighted by molar-refractivity contribution is -0.141. The third-order valence-corrected chi connectivity index (χ3v) is 12.8. The summed E-state index contributed by atoms with van der Waals surface area (Å²) in [7, 11) is -2.78. The first-order valence-electron chi connectivity index (χ1n) is 16.3. The molecule has 1 aliphatic heterocycles. The Labute approximate surface area is 305 Å². The quantitative estimate of drug-likeness (QED) is 0.120. The van der Waals surface area contributed by atoms with Crippen molar-refractivity contribution in [2.75, 3.05) is 19.4 Å². The molecule has 3 heterocycles. The largest absolute Gasteiger partial charge is 0.508 e. The van der Waals surface area contributed by atoms with Crippen molar-refractivity contribution in [1.29, 1.82) is 0 Å². The van der Waals surface area contributed by atoms with E-state index in [2.05, 4.69) is 15.5 Å². The molecule has 2 amide bonds. The monoisotopic (exact) mass is 764 g/mol. The maximum atomic E-state index is 14.3. The number of nitrogens with zero attached hydrogens (tertiary/aromatic N) is 3. The molecule has 3 aromatic rings. The van der Waals surface area contributed by atoms with E-state index in [0.29, 0.717) is 17.1 Å². The molecule has 0 saturated carbocycles. The Hall–Kier alpha value is -3.96. The molecule has 3 unspecified atom stereocenters. The number of likely N-dealkylation sites (tertiary alicyclic amines) is 1. The van der Waals surface area contributed by atoms with E-state index < -0.39 is 61.8 Å². The molecule has 278 valence electrons. The van der Waals surface area contributed by atoms with Gasteiger partial charge < -0.3 is 29.0 Å². The standard InChI is InChI=1S/C34H44N4O10S3/c1-19(2)29(27-16-28(37-48-27)45-14-13-39)32(41)38-17-25(47-33(42)46-22(5)34(6,7)50-51(8,43)44)15-26(38)31(40)36-20(3)23-9-11-24(12-10-23)30-21(4)35-18-49-30/h9-13,16,18-20,22,25-26,29H,14-15,17H2,1-8H3,(H,36,40)/t20?,22?,25-,26+,29?/m1/s1. The Bertz CT molecular complexity index is 1810. The van der Waals surface area contributed by atoms with Crippen molar-refractivity contribution in [2.24, 2.45) is 5.92 Å². The van der Waals surface area contributed by atoms with Crippen LogP contribution in [0.1, 0.15) is 76.9 Å². The van der Waals surface area contributed by atoms with Crippen LogP contribution in [-0.2, 0) is 32.7 Å². The first-order chi connectivity index (χ1) is 23.9. The Morgan fingerprint density at radius 3 is 2.45 bits per heavy atom. The summed E-state index contributed by atoms with van der Waals surface area (Å²) in [6.45, 7) is 11.9. The number of rotatable bonds is 15. The van der Waals surface area contributed by atoms with Crippen LogP contribution in [-0.4, -0.2) is 90.1 Å². The highest BCUT2D eigenvalue weighted by atomic mass is 33.1. The van der Waals surface area contributed by atoms with Gasteiger partial charge in [-0.05, 0) is 67.6 Å². The van der Waals surface area contributed by atoms with Gasteiger partial charge in [-0.1, -0.05) is 38.1 Å². The highest BCUT2D eigenvalue weighted by molar-refractivity contribution is 8.72. The number of thiazole rings is 1. The van der Waals surface area contributed by atoms with E-state index in [1.807, 2.05) is 52.0 Å². The minimum absolute atomic E-state index is 0.0201. The van der Waals surface area contributed by atoms with Gasteiger partial charge in [-0.15, -0.1) is 11.3 Å². The van der Waals surface area contributed by atoms with E-state index >= 15 is 0 Å². The average molecular weight is 765 g/mol. The number of ether oxygens (including phenoxy) is 3. The molecule has 5 atom stereocenters. The summed E-state index contributed by atoms with van der Waals surface area (Å²) >= 11 is 1.55. The van der Waals surface area contributed by atoms with Crippen LogP contribution >= 0.6 is 22.1 Å². The first-order valence-corrected chi connectivity index (χ1v) is 20.4. The van der Waals surface area contributed by atoms with Crippen molar-refractivity contribution in [3.05, 3.63) is 52.9 Å². The number of hydrogen-bond donors (Lipinski definition) is 1. The zero-order valence-corrected chi connectivity index (χ0v) is 32.2. The topological polar surface area (TPSA) is 184 Å². The second-order valence-corrected chi connectivity index (χ2v) is 19.1. The van der Waals surface area contributed by atoms with Gasteiger partial charge in [-0.2, -0.15) is 0 Å². The van der Waals surface area contributed by atoms with Gasteiger partial charge in [0, 0.05) is 18.7 Å². The van der Waals surface area contributed by atoms with E-state index in [1.165, 1.54) is 11.0 Å². The molecule has 0 radical (unpaired) electrons. The van der Waals surface area contributed by atoms with Gasteiger partial charge >= 0.3 is 6.16 Å². The zero-order valence-electron chi connectivity index (χ0n) is 29.8. The number of carbonyl (C=O) groups excluding carboxylic acids is 4. The smallest absolute Gasteiger partial charge is 0.468 e. The molecular weight excluding hydrogens is 721 g/mol. The number of aldehydes is 1. The van der Waals surface area contributed by atoms with Crippen LogP contribution in [0.3, 0.4) is 0 Å². The SMILES string of the molecule is Cc1ncsc1-c1ccc(C(C)NC(=O)[C@@H]2C[C@@H](OC(=O)OC(C)C(C)(C)SS(C)(=O)=O)CN2C(=O)C(c2cc(OCC=O)no2)C(C)C)cc1. The van der Waals surface area contributed by atoms with Crippen LogP contribution in [0.25, 0.3) is 10.4 Å². The molecule has 0 bridgehead atoms. The van der Waals surface area contributed by atoms with Gasteiger partial charge in [0.05, 0.1) is 33.4 Å². The molecule has 1 saturated heterocycles. The van der Waals surface area contributed by atoms with Crippen molar-refractivity contribution >= 4 is 55.3 Å². The Kier molecular flexibility index (Phi) is 13.0. The molecule has 14 nitrogen and oxygen atoms in total. The molecule has 1 aromatic carbocycles. The van der Waals surface area contributed by atoms with Crippen molar-refractivity contribution < 1.29 is 46.3 Å². The van der Waals surface area contributed by atoms with Crippen molar-refractivity contribution in [3.8, 4) is 16.3 Å². The summed E-state index contributed by atoms with van der Waals surface area (Å²) in [5, 5.41) is 6.82. The summed E-state index contributed by atoms with van der Waals surface area (Å²) in [4.78, 5) is 58.6. The highest BCUT2D eigenvalue weighted by Gasteiger charge is 2.46. The number of nitrogens with one attached hydrogen (secondary N) is 1. The maximum Gasteiger partial charge on any atom is 0.508 e. The summed E-state index contributed by atoms with van der Waals surface area (Å²) in [6.07, 6.45) is -1.22. The van der Waals surface area contributed by atoms with E-state index in [-0.39, 0.29) is 37.1 Å². The predicted molar refractivity (Wildman–Crippen MR) is 192 cm³/mol. The number of aromatic nitrogens is 2. The van der Waals surface area contributed by atoms with Crippen LogP contribution in [0, 0.1) is 12.8 Å². The number of hydrogen-bond acceptors (Lipinski definition) is 14. The minimum Gasteiger partial charge on any atom is -0.468 e. The van der Waals surface area contributed by atoms with Gasteiger partial charge in [-0.25, -0.2) is 18.2 Å². The predicted octanol–water partition coefficient (Wildman–Crippen LogP) is 5.28. The molecule has 0 spiro atoms. The van der Waals surface area contributed by atoms with Crippen molar-refractivity contribution in [1.82, 2.24) is 20.4 Å². The van der Waals surface area contributed by atoms with Crippen LogP contribution < -0.4 is 10.1 Å². The van der Waals surface area contributed by atoms with Gasteiger partial charge in [0.2, 0.25) is 11.8 Å². The maximum absolute atomic E-state index is 14.3. The molecule has 1 N–H and O–H groups in total. The summed E-state index contributed by atoms with van der Waals surface area (Å²) in [6, 6.07) is 7.75. The molecule has 4 rings (SSSR count). The summed E-state index contributed by atoms with van der Waals surface area (Å²) in [5.74, 6) is -1.89. The Balaban J connectivity index is 1.54. The second kappa shape index (κ2) is 16.6. The molecule has 1 aliphatic rings. The van der Waals surface area contributed by atoms with Crippen LogP contribution in [0.15, 0.2) is 40.4 Å². The van der Waals surface area contributed by atoms with E-state index in [4.69, 9.17) is 18.7 Å². The molecule has 2 aromatic heterocycles. The molecule has 17 heteroatoms. The fourth-order valence-corrected chi connectivity index (χ4v) is 10.2. The second-order valence-electron chi connectivity index (χ2n) is 13.3. The molecule has 0 aliphatic carbocycles. The van der Waals surface area contributed by atoms with Gasteiger partial charge in [0.15, 0.2) is 20.9 Å². The van der Waals surface area contributed by atoms with E-state index in [9.17, 15) is 27.6 Å². The average Bonchev–Trinajstić information content (AvgIpc) is 3.79. The fraction of sp³-hybridized carbons (Fsp3) is 0.529. The van der Waals surface area contributed by atoms with Crippen LogP contribution in [0.5, 0.6) is 5.88 Å². The third-order valence-electron chi connectivity index (χ3n) is 8.55. The van der Waals surface area contributed by atoms with Gasteiger partial charge in [0.1, 0.15) is 30.8 Å². The highest BCUT2D eigenvalue weighted by Crippen LogP contribution is 2.36. The van der Waals surface area contributed by atoms with Gasteiger partial charge in [-0.3, -0.25) is 14.4 Å². The van der Waals surface area contributed by atoms with Crippen molar-refractivity contribution in [3.63, 3.8) is 0 Å². The summed E-state index contributed by atoms with van der Waals surface area (Å²) < 4.78 is 44.5. The fourth-order valence-electron chi connectivity index (χ4n) is 5.70. The zero-order chi connectivity index (χ0) is 37.7. The molecular formula is C34H44N4O10S3. The van der Waals surface area contributed by atoms with E-state index in [0.717, 1.165) is 28.0 Å². The third kappa shape index (κ3) is 10.3. The van der Waals surface area contributed by atoms with Gasteiger partial charge in [0.25, 0.3) is 5.88 Å². The first kappa shape index (κ1) is 39.8. The number of carbonyl (C=O) groups is 4. The van der Waals surface area contributed by atoms with Crippen LogP contribution in [0.4, 0.5) is 4.79 Å². The Morgan fingerprint density at radius 2 is 1.86 bits per heavy atom. The van der Waals surface area contributed by atoms with E-state index in [1.54, 1.807) is 37.6 Å². The lowest BCUT2D eigenvalue weighted by atomic mass is 9.91. The number of benzene rings is 1. The molecule has 1 fully saturated rings. The lowest BCUT2D eigenvalue weighted by Gasteiger charge is -2.29. The number of aryl methyl sites for hydroxylation is 1.